The summed E-state index contributed by atoms with van der Waals surface area (Å²) in [5, 5.41) is 19.6. The van der Waals surface area contributed by atoms with Gasteiger partial charge in [0.1, 0.15) is 6.04 Å². The zero-order valence-corrected chi connectivity index (χ0v) is 10.4. The largest absolute Gasteiger partial charge is 0.481 e. The molecule has 0 aliphatic heterocycles. The fraction of sp³-hybridized carbons (Fsp3) is 0.727. The van der Waals surface area contributed by atoms with Crippen molar-refractivity contribution >= 4 is 17.8 Å². The maximum atomic E-state index is 11.6. The van der Waals surface area contributed by atoms with Gasteiger partial charge in [0.25, 0.3) is 0 Å². The number of carboxylic acid groups (broad SMARTS) is 2. The van der Waals surface area contributed by atoms with E-state index in [1.165, 1.54) is 0 Å². The third-order valence-corrected chi connectivity index (χ3v) is 2.47. The fourth-order valence-corrected chi connectivity index (χ4v) is 1.36. The van der Waals surface area contributed by atoms with Crippen molar-refractivity contribution in [1.29, 1.82) is 0 Å². The van der Waals surface area contributed by atoms with Gasteiger partial charge in [-0.1, -0.05) is 19.8 Å². The average molecular weight is 260 g/mol. The van der Waals surface area contributed by atoms with Gasteiger partial charge in [-0.05, 0) is 12.8 Å². The molecular weight excluding hydrogens is 240 g/mol. The van der Waals surface area contributed by atoms with Gasteiger partial charge in [0.05, 0.1) is 6.04 Å². The highest BCUT2D eigenvalue weighted by molar-refractivity contribution is 5.87. The number of carboxylic acids is 2. The summed E-state index contributed by atoms with van der Waals surface area (Å²) in [7, 11) is 0. The second kappa shape index (κ2) is 8.46. The lowest BCUT2D eigenvalue weighted by atomic mass is 10.1. The van der Waals surface area contributed by atoms with Crippen LogP contribution in [0.5, 0.6) is 0 Å². The minimum atomic E-state index is -1.26. The van der Waals surface area contributed by atoms with Gasteiger partial charge >= 0.3 is 11.9 Å². The van der Waals surface area contributed by atoms with Crippen LogP contribution in [-0.2, 0) is 14.4 Å². The van der Waals surface area contributed by atoms with Gasteiger partial charge in [0.15, 0.2) is 0 Å². The summed E-state index contributed by atoms with van der Waals surface area (Å²) in [6.45, 7) is 1.96. The molecule has 0 fully saturated rings. The first kappa shape index (κ1) is 16.4. The molecule has 0 aromatic heterocycles. The smallest absolute Gasteiger partial charge is 0.326 e. The Morgan fingerprint density at radius 1 is 1.22 bits per heavy atom. The third-order valence-electron chi connectivity index (χ3n) is 2.47. The molecule has 0 aliphatic rings. The minimum absolute atomic E-state index is 0.156. The Morgan fingerprint density at radius 2 is 1.83 bits per heavy atom. The van der Waals surface area contributed by atoms with Crippen LogP contribution in [0.15, 0.2) is 0 Å². The van der Waals surface area contributed by atoms with Crippen LogP contribution >= 0.6 is 0 Å². The number of hydrogen-bond acceptors (Lipinski definition) is 4. The lowest BCUT2D eigenvalue weighted by Gasteiger charge is -2.17. The van der Waals surface area contributed by atoms with E-state index in [-0.39, 0.29) is 12.8 Å². The van der Waals surface area contributed by atoms with E-state index in [1.54, 1.807) is 0 Å². The van der Waals surface area contributed by atoms with Gasteiger partial charge in [0, 0.05) is 6.42 Å². The predicted molar refractivity (Wildman–Crippen MR) is 63.9 cm³/mol. The topological polar surface area (TPSA) is 130 Å². The molecule has 0 saturated heterocycles. The van der Waals surface area contributed by atoms with Crippen LogP contribution in [0.3, 0.4) is 0 Å². The summed E-state index contributed by atoms with van der Waals surface area (Å²) < 4.78 is 0. The van der Waals surface area contributed by atoms with Crippen molar-refractivity contribution in [3.63, 3.8) is 0 Å². The highest BCUT2D eigenvalue weighted by Crippen LogP contribution is 2.02. The number of nitrogens with one attached hydrogen (secondary N) is 1. The molecule has 0 bridgehead atoms. The molecule has 18 heavy (non-hydrogen) atoms. The molecule has 0 unspecified atom stereocenters. The molecule has 0 radical (unpaired) electrons. The minimum Gasteiger partial charge on any atom is -0.481 e. The number of carbonyl (C=O) groups excluding carboxylic acids is 1. The SMILES string of the molecule is CCCC[C@@H](N)C(=O)N[C@@H](CCC(=O)O)C(=O)O. The van der Waals surface area contributed by atoms with Gasteiger partial charge in [-0.25, -0.2) is 4.79 Å². The molecule has 0 aromatic carbocycles. The summed E-state index contributed by atoms with van der Waals surface area (Å²) >= 11 is 0. The zero-order chi connectivity index (χ0) is 14.1. The Kier molecular flexibility index (Phi) is 7.69. The van der Waals surface area contributed by atoms with Gasteiger partial charge in [-0.3, -0.25) is 9.59 Å². The summed E-state index contributed by atoms with van der Waals surface area (Å²) in [5.74, 6) is -2.92. The van der Waals surface area contributed by atoms with Crippen LogP contribution in [-0.4, -0.2) is 40.1 Å². The Balaban J connectivity index is 4.26. The third kappa shape index (κ3) is 6.85. The lowest BCUT2D eigenvalue weighted by Crippen LogP contribution is -2.48. The molecule has 0 heterocycles. The van der Waals surface area contributed by atoms with E-state index >= 15 is 0 Å². The monoisotopic (exact) mass is 260 g/mol. The quantitative estimate of drug-likeness (QED) is 0.459. The van der Waals surface area contributed by atoms with E-state index in [1.807, 2.05) is 6.92 Å². The zero-order valence-electron chi connectivity index (χ0n) is 10.4. The number of aliphatic carboxylic acids is 2. The molecule has 2 atom stereocenters. The van der Waals surface area contributed by atoms with Crippen molar-refractivity contribution in [1.82, 2.24) is 5.32 Å². The standard InChI is InChI=1S/C11H20N2O5/c1-2-3-4-7(12)10(16)13-8(11(17)18)5-6-9(14)15/h7-8H,2-6,12H2,1H3,(H,13,16)(H,14,15)(H,17,18)/t7-,8+/m1/s1. The first-order chi connectivity index (χ1) is 8.38. The van der Waals surface area contributed by atoms with Crippen molar-refractivity contribution in [3.05, 3.63) is 0 Å². The van der Waals surface area contributed by atoms with Crippen LogP contribution in [0.1, 0.15) is 39.0 Å². The van der Waals surface area contributed by atoms with Crippen molar-refractivity contribution in [2.24, 2.45) is 5.73 Å². The van der Waals surface area contributed by atoms with E-state index in [4.69, 9.17) is 15.9 Å². The van der Waals surface area contributed by atoms with Crippen molar-refractivity contribution in [2.75, 3.05) is 0 Å². The summed E-state index contributed by atoms with van der Waals surface area (Å²) in [6, 6.07) is -1.96. The van der Waals surface area contributed by atoms with Gasteiger partial charge in [0.2, 0.25) is 5.91 Å². The molecule has 1 amide bonds. The molecule has 0 rings (SSSR count). The number of rotatable bonds is 9. The maximum Gasteiger partial charge on any atom is 0.326 e. The summed E-state index contributed by atoms with van der Waals surface area (Å²) in [6.07, 6.45) is 1.68. The normalized spacial score (nSPS) is 13.7. The van der Waals surface area contributed by atoms with Gasteiger partial charge < -0.3 is 21.3 Å². The molecule has 0 aromatic rings. The van der Waals surface area contributed by atoms with Crippen molar-refractivity contribution in [3.8, 4) is 0 Å². The second-order valence-corrected chi connectivity index (χ2v) is 4.08. The van der Waals surface area contributed by atoms with Crippen molar-refractivity contribution in [2.45, 2.75) is 51.1 Å². The van der Waals surface area contributed by atoms with E-state index in [9.17, 15) is 14.4 Å². The Bertz CT molecular complexity index is 306. The van der Waals surface area contributed by atoms with E-state index in [0.29, 0.717) is 6.42 Å². The van der Waals surface area contributed by atoms with Crippen LogP contribution in [0.4, 0.5) is 0 Å². The van der Waals surface area contributed by atoms with Gasteiger partial charge in [-0.2, -0.15) is 0 Å². The lowest BCUT2D eigenvalue weighted by molar-refractivity contribution is -0.143. The van der Waals surface area contributed by atoms with Crippen LogP contribution in [0.25, 0.3) is 0 Å². The maximum absolute atomic E-state index is 11.6. The molecule has 7 heteroatoms. The Hall–Kier alpha value is -1.63. The highest BCUT2D eigenvalue weighted by atomic mass is 16.4. The molecule has 104 valence electrons. The number of amides is 1. The predicted octanol–water partition coefficient (Wildman–Crippen LogP) is -0.0619. The van der Waals surface area contributed by atoms with Crippen molar-refractivity contribution < 1.29 is 24.6 Å². The van der Waals surface area contributed by atoms with Crippen LogP contribution in [0.2, 0.25) is 0 Å². The second-order valence-electron chi connectivity index (χ2n) is 4.08. The molecule has 5 N–H and O–H groups in total. The average Bonchev–Trinajstić information content (AvgIpc) is 2.30. The molecule has 7 nitrogen and oxygen atoms in total. The molecule has 0 saturated carbocycles. The molecule has 0 spiro atoms. The first-order valence-electron chi connectivity index (χ1n) is 5.89. The number of hydrogen-bond donors (Lipinski definition) is 4. The number of nitrogens with two attached hydrogens (primary N) is 1. The highest BCUT2D eigenvalue weighted by Gasteiger charge is 2.23. The van der Waals surface area contributed by atoms with Gasteiger partial charge in [-0.15, -0.1) is 0 Å². The molecule has 0 aliphatic carbocycles. The summed E-state index contributed by atoms with van der Waals surface area (Å²) in [4.78, 5) is 32.8. The molecular formula is C11H20N2O5. The fourth-order valence-electron chi connectivity index (χ4n) is 1.36. The Morgan fingerprint density at radius 3 is 2.28 bits per heavy atom. The Labute approximate surface area is 105 Å². The van der Waals surface area contributed by atoms with E-state index in [0.717, 1.165) is 12.8 Å². The van der Waals surface area contributed by atoms with E-state index < -0.39 is 29.9 Å². The first-order valence-corrected chi connectivity index (χ1v) is 5.89. The van der Waals surface area contributed by atoms with Crippen LogP contribution in [0, 0.1) is 0 Å². The van der Waals surface area contributed by atoms with E-state index in [2.05, 4.69) is 5.32 Å². The number of unbranched alkanes of at least 4 members (excludes halogenated alkanes) is 1. The number of carbonyl (C=O) groups is 3. The van der Waals surface area contributed by atoms with Crippen LogP contribution < -0.4 is 11.1 Å². The summed E-state index contributed by atoms with van der Waals surface area (Å²) in [5.41, 5.74) is 5.59.